The molecule has 9 nitrogen and oxygen atoms in total. The summed E-state index contributed by atoms with van der Waals surface area (Å²) < 4.78 is 0. The van der Waals surface area contributed by atoms with Gasteiger partial charge in [0.25, 0.3) is 0 Å². The number of aromatic nitrogens is 2. The molecule has 3 aliphatic heterocycles. The monoisotopic (exact) mass is 403 g/mol. The number of likely N-dealkylation sites (tertiary alicyclic amines) is 1. The van der Waals surface area contributed by atoms with Gasteiger partial charge in [0, 0.05) is 70.2 Å². The van der Waals surface area contributed by atoms with E-state index in [-0.39, 0.29) is 29.9 Å². The molecule has 0 aliphatic carbocycles. The first-order valence-electron chi connectivity index (χ1n) is 10.7. The van der Waals surface area contributed by atoms with Crippen molar-refractivity contribution in [3.05, 3.63) is 18.2 Å². The van der Waals surface area contributed by atoms with Gasteiger partial charge in [-0.2, -0.15) is 0 Å². The number of imidazole rings is 1. The number of nitrogens with one attached hydrogen (secondary N) is 2. The Bertz CT molecular complexity index is 702. The zero-order chi connectivity index (χ0) is 20.4. The summed E-state index contributed by atoms with van der Waals surface area (Å²) in [5, 5.41) is 3.13. The Morgan fingerprint density at radius 1 is 1.21 bits per heavy atom. The van der Waals surface area contributed by atoms with Crippen molar-refractivity contribution in [2.24, 2.45) is 0 Å². The number of fused-ring (bicyclic) bond motifs is 1. The van der Waals surface area contributed by atoms with Crippen molar-refractivity contribution in [2.45, 2.75) is 43.9 Å². The van der Waals surface area contributed by atoms with E-state index in [1.165, 1.54) is 0 Å². The highest BCUT2D eigenvalue weighted by Crippen LogP contribution is 2.28. The Balaban J connectivity index is 1.35. The van der Waals surface area contributed by atoms with E-state index in [1.807, 2.05) is 11.1 Å². The van der Waals surface area contributed by atoms with Crippen molar-refractivity contribution in [1.82, 2.24) is 34.9 Å². The highest BCUT2D eigenvalue weighted by Gasteiger charge is 2.45. The smallest absolute Gasteiger partial charge is 0.239 e. The SMILES string of the molecule is CN1CCN(C(=O)CCC2CNC(=O)C3C(CCN3Cc3ncc[nH]3)N2C)CC1. The third-order valence-electron chi connectivity index (χ3n) is 6.80. The second-order valence-corrected chi connectivity index (χ2v) is 8.59. The van der Waals surface area contributed by atoms with Crippen LogP contribution < -0.4 is 5.32 Å². The van der Waals surface area contributed by atoms with E-state index in [0.29, 0.717) is 19.5 Å². The third-order valence-corrected chi connectivity index (χ3v) is 6.80. The second-order valence-electron chi connectivity index (χ2n) is 8.59. The van der Waals surface area contributed by atoms with Crippen LogP contribution in [0.3, 0.4) is 0 Å². The van der Waals surface area contributed by atoms with Crippen molar-refractivity contribution in [3.8, 4) is 0 Å². The summed E-state index contributed by atoms with van der Waals surface area (Å²) in [4.78, 5) is 41.7. The summed E-state index contributed by atoms with van der Waals surface area (Å²) >= 11 is 0. The molecule has 4 heterocycles. The number of piperazine rings is 1. The number of hydrogen-bond donors (Lipinski definition) is 2. The Hall–Kier alpha value is -1.97. The number of amides is 2. The van der Waals surface area contributed by atoms with E-state index in [2.05, 4.69) is 44.1 Å². The molecule has 4 rings (SSSR count). The Morgan fingerprint density at radius 3 is 2.72 bits per heavy atom. The fraction of sp³-hybridized carbons (Fsp3) is 0.750. The normalized spacial score (nSPS) is 29.5. The van der Waals surface area contributed by atoms with E-state index in [9.17, 15) is 9.59 Å². The molecule has 0 aromatic carbocycles. The van der Waals surface area contributed by atoms with Gasteiger partial charge >= 0.3 is 0 Å². The molecule has 2 N–H and O–H groups in total. The van der Waals surface area contributed by atoms with Crippen molar-refractivity contribution in [1.29, 1.82) is 0 Å². The van der Waals surface area contributed by atoms with E-state index < -0.39 is 0 Å². The number of aromatic amines is 1. The molecule has 2 amide bonds. The maximum absolute atomic E-state index is 12.9. The number of H-pyrrole nitrogens is 1. The maximum Gasteiger partial charge on any atom is 0.239 e. The van der Waals surface area contributed by atoms with Crippen LogP contribution >= 0.6 is 0 Å². The average Bonchev–Trinajstić information content (AvgIpc) is 3.35. The van der Waals surface area contributed by atoms with Gasteiger partial charge in [0.1, 0.15) is 11.9 Å². The average molecular weight is 404 g/mol. The molecule has 3 fully saturated rings. The molecule has 1 aromatic heterocycles. The predicted octanol–water partition coefficient (Wildman–Crippen LogP) is -0.663. The van der Waals surface area contributed by atoms with Gasteiger partial charge in [-0.15, -0.1) is 0 Å². The van der Waals surface area contributed by atoms with Crippen LogP contribution in [0.4, 0.5) is 0 Å². The molecule has 160 valence electrons. The Morgan fingerprint density at radius 2 is 2.00 bits per heavy atom. The molecular weight excluding hydrogens is 370 g/mol. The second kappa shape index (κ2) is 8.81. The summed E-state index contributed by atoms with van der Waals surface area (Å²) in [6, 6.07) is 0.202. The van der Waals surface area contributed by atoms with Crippen LogP contribution in [-0.2, 0) is 16.1 Å². The van der Waals surface area contributed by atoms with Gasteiger partial charge in [-0.25, -0.2) is 4.98 Å². The first kappa shape index (κ1) is 20.3. The number of rotatable bonds is 5. The minimum absolute atomic E-state index is 0.0961. The number of carbonyl (C=O) groups is 2. The molecule has 0 radical (unpaired) electrons. The van der Waals surface area contributed by atoms with Crippen LogP contribution in [-0.4, -0.2) is 113 Å². The van der Waals surface area contributed by atoms with Crippen molar-refractivity contribution < 1.29 is 9.59 Å². The van der Waals surface area contributed by atoms with Gasteiger partial charge in [0.05, 0.1) is 6.54 Å². The van der Waals surface area contributed by atoms with Crippen LogP contribution in [0.5, 0.6) is 0 Å². The molecule has 3 saturated heterocycles. The third kappa shape index (κ3) is 4.46. The summed E-state index contributed by atoms with van der Waals surface area (Å²) in [5.74, 6) is 1.22. The molecule has 1 aromatic rings. The summed E-state index contributed by atoms with van der Waals surface area (Å²) in [7, 11) is 4.21. The highest BCUT2D eigenvalue weighted by atomic mass is 16.2. The number of nitrogens with zero attached hydrogens (tertiary/aromatic N) is 5. The van der Waals surface area contributed by atoms with Gasteiger partial charge in [-0.05, 0) is 26.9 Å². The molecule has 3 atom stereocenters. The van der Waals surface area contributed by atoms with E-state index in [4.69, 9.17) is 0 Å². The van der Waals surface area contributed by atoms with Crippen molar-refractivity contribution in [3.63, 3.8) is 0 Å². The molecule has 3 unspecified atom stereocenters. The molecule has 0 spiro atoms. The number of carbonyl (C=O) groups excluding carboxylic acids is 2. The lowest BCUT2D eigenvalue weighted by molar-refractivity contribution is -0.133. The highest BCUT2D eigenvalue weighted by molar-refractivity contribution is 5.83. The topological polar surface area (TPSA) is 87.8 Å². The summed E-state index contributed by atoms with van der Waals surface area (Å²) in [6.45, 7) is 5.66. The lowest BCUT2D eigenvalue weighted by Crippen LogP contribution is -2.50. The molecule has 9 heteroatoms. The molecule has 0 saturated carbocycles. The van der Waals surface area contributed by atoms with Crippen LogP contribution in [0, 0.1) is 0 Å². The first-order chi connectivity index (χ1) is 14.0. The summed E-state index contributed by atoms with van der Waals surface area (Å²) in [5.41, 5.74) is 0. The maximum atomic E-state index is 12.9. The van der Waals surface area contributed by atoms with E-state index in [1.54, 1.807) is 6.20 Å². The first-order valence-corrected chi connectivity index (χ1v) is 10.7. The summed E-state index contributed by atoms with van der Waals surface area (Å²) in [6.07, 6.45) is 5.84. The standard InChI is InChI=1S/C20H33N7O2/c1-24-9-11-26(12-10-24)18(28)4-3-15-13-23-20(29)19-16(25(15)2)5-8-27(19)14-17-21-6-7-22-17/h6-7,15-16,19H,3-5,8-14H2,1-2H3,(H,21,22)(H,23,29). The molecular formula is C20H33N7O2. The van der Waals surface area contributed by atoms with Crippen molar-refractivity contribution in [2.75, 3.05) is 53.4 Å². The van der Waals surface area contributed by atoms with Gasteiger partial charge in [0.2, 0.25) is 11.8 Å². The zero-order valence-electron chi connectivity index (χ0n) is 17.5. The van der Waals surface area contributed by atoms with Gasteiger partial charge in [0.15, 0.2) is 0 Å². The molecule has 29 heavy (non-hydrogen) atoms. The quantitative estimate of drug-likeness (QED) is 0.679. The number of likely N-dealkylation sites (N-methyl/N-ethyl adjacent to an activating group) is 2. The van der Waals surface area contributed by atoms with Crippen LogP contribution in [0.15, 0.2) is 12.4 Å². The Labute approximate surface area is 172 Å². The fourth-order valence-corrected chi connectivity index (χ4v) is 4.91. The largest absolute Gasteiger partial charge is 0.353 e. The zero-order valence-corrected chi connectivity index (χ0v) is 17.5. The lowest BCUT2D eigenvalue weighted by atomic mass is 10.0. The Kier molecular flexibility index (Phi) is 6.17. The van der Waals surface area contributed by atoms with Gasteiger partial charge in [-0.3, -0.25) is 19.4 Å². The predicted molar refractivity (Wildman–Crippen MR) is 109 cm³/mol. The van der Waals surface area contributed by atoms with E-state index >= 15 is 0 Å². The van der Waals surface area contributed by atoms with Crippen LogP contribution in [0.1, 0.15) is 25.1 Å². The van der Waals surface area contributed by atoms with Crippen molar-refractivity contribution >= 4 is 11.8 Å². The van der Waals surface area contributed by atoms with Crippen LogP contribution in [0.2, 0.25) is 0 Å². The molecule has 0 bridgehead atoms. The molecule has 3 aliphatic rings. The minimum Gasteiger partial charge on any atom is -0.353 e. The number of hydrogen-bond acceptors (Lipinski definition) is 6. The van der Waals surface area contributed by atoms with Crippen LogP contribution in [0.25, 0.3) is 0 Å². The lowest BCUT2D eigenvalue weighted by Gasteiger charge is -2.34. The fourth-order valence-electron chi connectivity index (χ4n) is 4.91. The van der Waals surface area contributed by atoms with E-state index in [0.717, 1.165) is 51.4 Å². The van der Waals surface area contributed by atoms with Gasteiger partial charge in [-0.1, -0.05) is 0 Å². The minimum atomic E-state index is -0.163. The van der Waals surface area contributed by atoms with Gasteiger partial charge < -0.3 is 20.1 Å².